The Morgan fingerprint density at radius 2 is 1.92 bits per heavy atom. The quantitative estimate of drug-likeness (QED) is 0.323. The Bertz CT molecular complexity index is 556. The highest BCUT2D eigenvalue weighted by Crippen LogP contribution is 2.22. The van der Waals surface area contributed by atoms with Gasteiger partial charge in [0.1, 0.15) is 6.54 Å². The average molecular weight is 479 g/mol. The van der Waals surface area contributed by atoms with Gasteiger partial charge < -0.3 is 20.1 Å². The van der Waals surface area contributed by atoms with E-state index in [2.05, 4.69) is 48.5 Å². The lowest BCUT2D eigenvalue weighted by atomic mass is 9.99. The van der Waals surface area contributed by atoms with Gasteiger partial charge in [0, 0.05) is 32.1 Å². The van der Waals surface area contributed by atoms with Crippen molar-refractivity contribution >= 4 is 35.8 Å². The van der Waals surface area contributed by atoms with Crippen LogP contribution in [0.4, 0.5) is 0 Å². The van der Waals surface area contributed by atoms with E-state index in [9.17, 15) is 4.79 Å². The highest BCUT2D eigenvalue weighted by atomic mass is 127. The highest BCUT2D eigenvalue weighted by molar-refractivity contribution is 14.0. The Morgan fingerprint density at radius 1 is 1.27 bits per heavy atom. The second kappa shape index (κ2) is 12.9. The summed E-state index contributed by atoms with van der Waals surface area (Å²) >= 11 is 0. The fraction of sp³-hybridized carbons (Fsp3) is 0.722. The number of hydrogen-bond acceptors (Lipinski definition) is 4. The predicted octanol–water partition coefficient (Wildman–Crippen LogP) is 3.12. The third-order valence-electron chi connectivity index (χ3n) is 4.28. The van der Waals surface area contributed by atoms with E-state index in [-0.39, 0.29) is 42.5 Å². The van der Waals surface area contributed by atoms with Crippen molar-refractivity contribution in [3.63, 3.8) is 0 Å². The largest absolute Gasteiger partial charge is 0.359 e. The molecule has 150 valence electrons. The van der Waals surface area contributed by atoms with Gasteiger partial charge in [-0.25, -0.2) is 4.99 Å². The van der Waals surface area contributed by atoms with Gasteiger partial charge in [-0.15, -0.1) is 24.0 Å². The van der Waals surface area contributed by atoms with E-state index in [0.717, 1.165) is 30.7 Å². The fourth-order valence-electron chi connectivity index (χ4n) is 2.26. The van der Waals surface area contributed by atoms with E-state index in [1.54, 1.807) is 14.1 Å². The zero-order valence-corrected chi connectivity index (χ0v) is 19.2. The summed E-state index contributed by atoms with van der Waals surface area (Å²) in [4.78, 5) is 17.6. The van der Waals surface area contributed by atoms with Gasteiger partial charge in [-0.2, -0.15) is 0 Å². The van der Waals surface area contributed by atoms with Crippen LogP contribution in [0.25, 0.3) is 0 Å². The molecule has 0 aliphatic rings. The zero-order valence-electron chi connectivity index (χ0n) is 16.8. The molecule has 0 fully saturated rings. The monoisotopic (exact) mass is 479 g/mol. The van der Waals surface area contributed by atoms with E-state index < -0.39 is 0 Å². The molecule has 1 amide bonds. The Kier molecular flexibility index (Phi) is 12.3. The molecule has 26 heavy (non-hydrogen) atoms. The molecular formula is C18H34IN5O2. The van der Waals surface area contributed by atoms with Gasteiger partial charge in [0.2, 0.25) is 5.91 Å². The Morgan fingerprint density at radius 3 is 2.46 bits per heavy atom. The molecule has 0 radical (unpaired) electrons. The third-order valence-corrected chi connectivity index (χ3v) is 4.28. The van der Waals surface area contributed by atoms with Crippen LogP contribution in [0, 0.1) is 0 Å². The van der Waals surface area contributed by atoms with Crippen LogP contribution in [-0.4, -0.2) is 48.6 Å². The molecule has 2 N–H and O–H groups in total. The highest BCUT2D eigenvalue weighted by Gasteiger charge is 2.13. The van der Waals surface area contributed by atoms with Crippen molar-refractivity contribution in [1.29, 1.82) is 0 Å². The van der Waals surface area contributed by atoms with Crippen molar-refractivity contribution in [3.05, 3.63) is 17.5 Å². The van der Waals surface area contributed by atoms with Gasteiger partial charge >= 0.3 is 0 Å². The summed E-state index contributed by atoms with van der Waals surface area (Å²) in [6, 6.07) is 2.26. The first-order chi connectivity index (χ1) is 11.9. The minimum Gasteiger partial charge on any atom is -0.359 e. The van der Waals surface area contributed by atoms with Gasteiger partial charge in [0.05, 0.1) is 12.2 Å². The second-order valence-electron chi connectivity index (χ2n) is 6.49. The van der Waals surface area contributed by atoms with Crippen LogP contribution >= 0.6 is 24.0 Å². The maximum atomic E-state index is 11.8. The van der Waals surface area contributed by atoms with Crippen LogP contribution < -0.4 is 10.6 Å². The summed E-state index contributed by atoms with van der Waals surface area (Å²) < 4.78 is 5.42. The van der Waals surface area contributed by atoms with Crippen LogP contribution in [0.15, 0.2) is 15.6 Å². The minimum absolute atomic E-state index is 0. The van der Waals surface area contributed by atoms with Crippen LogP contribution in [0.1, 0.15) is 64.3 Å². The molecule has 1 rings (SSSR count). The van der Waals surface area contributed by atoms with Crippen LogP contribution in [-0.2, 0) is 11.3 Å². The Hall–Kier alpha value is -1.32. The molecule has 0 aromatic carbocycles. The lowest BCUT2D eigenvalue weighted by Crippen LogP contribution is -2.42. The van der Waals surface area contributed by atoms with E-state index >= 15 is 0 Å². The smallest absolute Gasteiger partial charge is 0.243 e. The van der Waals surface area contributed by atoms with E-state index in [4.69, 9.17) is 4.52 Å². The molecule has 1 atom stereocenters. The fourth-order valence-corrected chi connectivity index (χ4v) is 2.26. The first-order valence-corrected chi connectivity index (χ1v) is 9.11. The van der Waals surface area contributed by atoms with Crippen LogP contribution in [0.3, 0.4) is 0 Å². The number of carbonyl (C=O) groups excluding carboxylic acids is 1. The molecule has 7 nitrogen and oxygen atoms in total. The topological polar surface area (TPSA) is 82.8 Å². The number of guanidine groups is 1. The van der Waals surface area contributed by atoms with Crippen molar-refractivity contribution in [3.8, 4) is 0 Å². The number of nitrogens with one attached hydrogen (secondary N) is 2. The summed E-state index contributed by atoms with van der Waals surface area (Å²) in [6.07, 6.45) is 3.05. The molecule has 1 heterocycles. The number of halogens is 1. The molecule has 0 spiro atoms. The van der Waals surface area contributed by atoms with Gasteiger partial charge in [-0.1, -0.05) is 25.9 Å². The lowest BCUT2D eigenvalue weighted by Gasteiger charge is -2.17. The molecule has 1 aromatic heterocycles. The Balaban J connectivity index is 0.00000625. The number of likely N-dealkylation sites (N-methyl/N-ethyl adjacent to an activating group) is 1. The maximum Gasteiger partial charge on any atom is 0.243 e. The zero-order chi connectivity index (χ0) is 18.8. The number of rotatable bonds is 9. The van der Waals surface area contributed by atoms with E-state index in [1.165, 1.54) is 4.90 Å². The summed E-state index contributed by atoms with van der Waals surface area (Å²) in [5.41, 5.74) is 0.998. The first-order valence-electron chi connectivity index (χ1n) is 9.11. The number of aliphatic imine (C=N–C) groups is 1. The standard InChI is InChI=1S/C18H33N5O2.HI/c1-7-13(4)21-18(20-12-17(24)23(5)6)19-11-15-10-16(22-25-15)14(8-2)9-3;/h10,13-14H,7-9,11-12H2,1-6H3,(H2,19,20,21);1H. The second-order valence-corrected chi connectivity index (χ2v) is 6.49. The predicted molar refractivity (Wildman–Crippen MR) is 116 cm³/mol. The molecule has 8 heteroatoms. The SMILES string of the molecule is CCC(C)NC(=NCC(=O)N(C)C)NCc1cc(C(CC)CC)no1.I. The number of nitrogens with zero attached hydrogens (tertiary/aromatic N) is 3. The van der Waals surface area contributed by atoms with Gasteiger partial charge in [0.25, 0.3) is 0 Å². The summed E-state index contributed by atoms with van der Waals surface area (Å²) in [5.74, 6) is 1.76. The van der Waals surface area contributed by atoms with Crippen LogP contribution in [0.5, 0.6) is 0 Å². The molecule has 1 aromatic rings. The molecule has 0 saturated heterocycles. The van der Waals surface area contributed by atoms with Crippen molar-refractivity contribution in [2.24, 2.45) is 4.99 Å². The summed E-state index contributed by atoms with van der Waals surface area (Å²) in [5, 5.41) is 10.7. The maximum absolute atomic E-state index is 11.8. The number of carbonyl (C=O) groups is 1. The van der Waals surface area contributed by atoms with Crippen molar-refractivity contribution < 1.29 is 9.32 Å². The molecule has 0 bridgehead atoms. The molecule has 0 saturated carbocycles. The van der Waals surface area contributed by atoms with Crippen molar-refractivity contribution in [2.45, 2.75) is 65.5 Å². The summed E-state index contributed by atoms with van der Waals surface area (Å²) in [6.45, 7) is 9.07. The lowest BCUT2D eigenvalue weighted by molar-refractivity contribution is -0.127. The van der Waals surface area contributed by atoms with E-state index in [1.807, 2.05) is 6.07 Å². The first kappa shape index (κ1) is 24.7. The summed E-state index contributed by atoms with van der Waals surface area (Å²) in [7, 11) is 3.45. The van der Waals surface area contributed by atoms with Crippen molar-refractivity contribution in [1.82, 2.24) is 20.7 Å². The molecule has 0 aliphatic carbocycles. The van der Waals surface area contributed by atoms with Gasteiger partial charge in [0.15, 0.2) is 11.7 Å². The van der Waals surface area contributed by atoms with Crippen LogP contribution in [0.2, 0.25) is 0 Å². The third kappa shape index (κ3) is 8.37. The molecule has 1 unspecified atom stereocenters. The average Bonchev–Trinajstić information content (AvgIpc) is 3.06. The normalized spacial score (nSPS) is 12.5. The van der Waals surface area contributed by atoms with Gasteiger partial charge in [-0.3, -0.25) is 4.79 Å². The Labute approximate surface area is 174 Å². The number of hydrogen-bond donors (Lipinski definition) is 2. The number of aromatic nitrogens is 1. The van der Waals surface area contributed by atoms with E-state index in [0.29, 0.717) is 18.4 Å². The number of amides is 1. The minimum atomic E-state index is -0.0408. The molecular weight excluding hydrogens is 445 g/mol. The van der Waals surface area contributed by atoms with Gasteiger partial charge in [-0.05, 0) is 26.2 Å². The molecule has 0 aliphatic heterocycles. The van der Waals surface area contributed by atoms with Crippen molar-refractivity contribution in [2.75, 3.05) is 20.6 Å².